The van der Waals surface area contributed by atoms with Crippen molar-refractivity contribution in [2.75, 3.05) is 17.2 Å². The number of aromatic nitrogens is 3. The molecule has 0 atom stereocenters. The maximum atomic E-state index is 4.50. The summed E-state index contributed by atoms with van der Waals surface area (Å²) >= 11 is 1.57. The fourth-order valence-electron chi connectivity index (χ4n) is 1.89. The first-order valence-electron chi connectivity index (χ1n) is 6.49. The van der Waals surface area contributed by atoms with E-state index in [4.69, 9.17) is 0 Å². The van der Waals surface area contributed by atoms with Crippen LogP contribution >= 0.6 is 11.3 Å². The molecule has 2 N–H and O–H groups in total. The molecule has 5 nitrogen and oxygen atoms in total. The number of nitrogens with one attached hydrogen (secondary N) is 2. The minimum absolute atomic E-state index is 0.723. The minimum atomic E-state index is 0.723. The molecule has 0 fully saturated rings. The van der Waals surface area contributed by atoms with E-state index >= 15 is 0 Å². The lowest BCUT2D eigenvalue weighted by atomic mass is 10.2. The van der Waals surface area contributed by atoms with E-state index in [9.17, 15) is 0 Å². The van der Waals surface area contributed by atoms with E-state index in [-0.39, 0.29) is 0 Å². The number of nitrogens with zero attached hydrogens (tertiary/aromatic N) is 3. The molecule has 102 valence electrons. The lowest BCUT2D eigenvalue weighted by Gasteiger charge is -2.06. The standard InChI is InChI=1S/C14H15N5S/c1-2-15-12-8-10(5-7-16-12)9-18-14-19-11-4-3-6-17-13(11)20-14/h3-8H,2,9H2,1H3,(H,15,16)(H,18,19). The fourth-order valence-corrected chi connectivity index (χ4v) is 2.69. The highest BCUT2D eigenvalue weighted by Crippen LogP contribution is 2.23. The van der Waals surface area contributed by atoms with Crippen LogP contribution in [0.4, 0.5) is 10.9 Å². The highest BCUT2D eigenvalue weighted by Gasteiger charge is 2.04. The third kappa shape index (κ3) is 2.85. The van der Waals surface area contributed by atoms with Crippen molar-refractivity contribution >= 4 is 32.6 Å². The summed E-state index contributed by atoms with van der Waals surface area (Å²) in [5, 5.41) is 7.43. The average molecular weight is 285 g/mol. The number of thiazole rings is 1. The monoisotopic (exact) mass is 285 g/mol. The molecule has 0 radical (unpaired) electrons. The van der Waals surface area contributed by atoms with Gasteiger partial charge in [0.25, 0.3) is 0 Å². The van der Waals surface area contributed by atoms with Crippen LogP contribution in [0.15, 0.2) is 36.7 Å². The molecule has 0 aliphatic rings. The summed E-state index contributed by atoms with van der Waals surface area (Å²) in [7, 11) is 0. The van der Waals surface area contributed by atoms with Gasteiger partial charge in [-0.05, 0) is 36.8 Å². The van der Waals surface area contributed by atoms with Gasteiger partial charge in [0.05, 0.1) is 0 Å². The molecule has 3 aromatic rings. The van der Waals surface area contributed by atoms with Crippen LogP contribution in [0, 0.1) is 0 Å². The van der Waals surface area contributed by atoms with E-state index in [1.54, 1.807) is 17.5 Å². The first-order valence-corrected chi connectivity index (χ1v) is 7.31. The molecule has 0 bridgehead atoms. The quantitative estimate of drug-likeness (QED) is 0.754. The van der Waals surface area contributed by atoms with E-state index in [1.165, 1.54) is 5.56 Å². The van der Waals surface area contributed by atoms with Crippen molar-refractivity contribution in [3.63, 3.8) is 0 Å². The van der Waals surface area contributed by atoms with Gasteiger partial charge in [0.15, 0.2) is 5.13 Å². The van der Waals surface area contributed by atoms with Crippen molar-refractivity contribution in [2.45, 2.75) is 13.5 Å². The van der Waals surface area contributed by atoms with E-state index in [1.807, 2.05) is 30.5 Å². The Morgan fingerprint density at radius 3 is 2.95 bits per heavy atom. The number of hydrogen-bond acceptors (Lipinski definition) is 6. The fraction of sp³-hybridized carbons (Fsp3) is 0.214. The second-order valence-corrected chi connectivity index (χ2v) is 5.26. The Morgan fingerprint density at radius 2 is 2.10 bits per heavy atom. The maximum Gasteiger partial charge on any atom is 0.185 e. The van der Waals surface area contributed by atoms with Gasteiger partial charge in [-0.25, -0.2) is 15.0 Å². The largest absolute Gasteiger partial charge is 0.370 e. The normalized spacial score (nSPS) is 10.7. The summed E-state index contributed by atoms with van der Waals surface area (Å²) in [6.45, 7) is 3.65. The van der Waals surface area contributed by atoms with Gasteiger partial charge >= 0.3 is 0 Å². The summed E-state index contributed by atoms with van der Waals surface area (Å²) in [5.41, 5.74) is 2.10. The Morgan fingerprint density at radius 1 is 1.15 bits per heavy atom. The van der Waals surface area contributed by atoms with Crippen LogP contribution < -0.4 is 10.6 Å². The van der Waals surface area contributed by atoms with Gasteiger partial charge in [-0.2, -0.15) is 0 Å². The lowest BCUT2D eigenvalue weighted by molar-refractivity contribution is 1.10. The van der Waals surface area contributed by atoms with Crippen LogP contribution in [0.5, 0.6) is 0 Å². The molecule has 0 saturated carbocycles. The van der Waals surface area contributed by atoms with Gasteiger partial charge in [-0.15, -0.1) is 0 Å². The van der Waals surface area contributed by atoms with Crippen LogP contribution in [0.1, 0.15) is 12.5 Å². The molecule has 3 rings (SSSR count). The summed E-state index contributed by atoms with van der Waals surface area (Å²) in [6.07, 6.45) is 3.60. The zero-order chi connectivity index (χ0) is 13.8. The molecule has 0 spiro atoms. The van der Waals surface area contributed by atoms with E-state index in [0.29, 0.717) is 0 Å². The maximum absolute atomic E-state index is 4.50. The van der Waals surface area contributed by atoms with Gasteiger partial charge < -0.3 is 10.6 Å². The topological polar surface area (TPSA) is 62.7 Å². The van der Waals surface area contributed by atoms with Crippen LogP contribution in [-0.4, -0.2) is 21.5 Å². The van der Waals surface area contributed by atoms with Gasteiger partial charge in [-0.1, -0.05) is 11.3 Å². The number of pyridine rings is 2. The first-order chi connectivity index (χ1) is 9.85. The Bertz CT molecular complexity index is 676. The summed E-state index contributed by atoms with van der Waals surface area (Å²) in [4.78, 5) is 14.0. The third-order valence-corrected chi connectivity index (χ3v) is 3.73. The smallest absolute Gasteiger partial charge is 0.185 e. The molecule has 20 heavy (non-hydrogen) atoms. The molecule has 0 amide bonds. The third-order valence-electron chi connectivity index (χ3n) is 2.79. The number of fused-ring (bicyclic) bond motifs is 1. The zero-order valence-electron chi connectivity index (χ0n) is 11.1. The van der Waals surface area contributed by atoms with Gasteiger partial charge in [0.1, 0.15) is 16.2 Å². The second-order valence-electron chi connectivity index (χ2n) is 4.28. The highest BCUT2D eigenvalue weighted by molar-refractivity contribution is 7.21. The molecule has 3 heterocycles. The molecule has 0 aliphatic carbocycles. The second kappa shape index (κ2) is 5.83. The van der Waals surface area contributed by atoms with Gasteiger partial charge in [0, 0.05) is 25.5 Å². The average Bonchev–Trinajstić information content (AvgIpc) is 2.89. The molecule has 3 aromatic heterocycles. The first kappa shape index (κ1) is 12.8. The van der Waals surface area contributed by atoms with Gasteiger partial charge in [0.2, 0.25) is 0 Å². The molecule has 0 aromatic carbocycles. The van der Waals surface area contributed by atoms with Crippen LogP contribution in [0.3, 0.4) is 0 Å². The minimum Gasteiger partial charge on any atom is -0.370 e. The number of anilines is 2. The van der Waals surface area contributed by atoms with Crippen molar-refractivity contribution in [2.24, 2.45) is 0 Å². The van der Waals surface area contributed by atoms with Crippen molar-refractivity contribution < 1.29 is 0 Å². The van der Waals surface area contributed by atoms with Gasteiger partial charge in [-0.3, -0.25) is 0 Å². The summed E-state index contributed by atoms with van der Waals surface area (Å²) < 4.78 is 0. The SMILES string of the molecule is CCNc1cc(CNc2nc3cccnc3s2)ccn1. The van der Waals surface area contributed by atoms with Crippen molar-refractivity contribution in [1.29, 1.82) is 0 Å². The van der Waals surface area contributed by atoms with Crippen LogP contribution in [0.2, 0.25) is 0 Å². The van der Waals surface area contributed by atoms with E-state index in [2.05, 4.69) is 32.5 Å². The number of hydrogen-bond donors (Lipinski definition) is 2. The Hall–Kier alpha value is -2.21. The van der Waals surface area contributed by atoms with Crippen molar-refractivity contribution in [1.82, 2.24) is 15.0 Å². The van der Waals surface area contributed by atoms with E-state index < -0.39 is 0 Å². The van der Waals surface area contributed by atoms with Crippen LogP contribution in [-0.2, 0) is 6.54 Å². The predicted octanol–water partition coefficient (Wildman–Crippen LogP) is 3.13. The molecule has 0 unspecified atom stereocenters. The Kier molecular flexibility index (Phi) is 3.73. The van der Waals surface area contributed by atoms with Crippen molar-refractivity contribution in [3.05, 3.63) is 42.2 Å². The highest BCUT2D eigenvalue weighted by atomic mass is 32.1. The Labute approximate surface area is 121 Å². The Balaban J connectivity index is 1.71. The zero-order valence-corrected chi connectivity index (χ0v) is 11.9. The molecule has 0 saturated heterocycles. The molecule has 6 heteroatoms. The van der Waals surface area contributed by atoms with Crippen molar-refractivity contribution in [3.8, 4) is 0 Å². The summed E-state index contributed by atoms with van der Waals surface area (Å²) in [6, 6.07) is 7.92. The lowest BCUT2D eigenvalue weighted by Crippen LogP contribution is -2.02. The molecular weight excluding hydrogens is 270 g/mol. The predicted molar refractivity (Wildman–Crippen MR) is 83.1 cm³/mol. The number of rotatable bonds is 5. The molecular formula is C14H15N5S. The van der Waals surface area contributed by atoms with E-state index in [0.717, 1.165) is 34.4 Å². The molecule has 0 aliphatic heterocycles. The summed E-state index contributed by atoms with van der Waals surface area (Å²) in [5.74, 6) is 0.901. The van der Waals surface area contributed by atoms with Crippen LogP contribution in [0.25, 0.3) is 10.3 Å².